The van der Waals surface area contributed by atoms with E-state index in [0.717, 1.165) is 17.3 Å². The summed E-state index contributed by atoms with van der Waals surface area (Å²) in [6.07, 6.45) is 0. The first-order valence-corrected chi connectivity index (χ1v) is 9.80. The van der Waals surface area contributed by atoms with Crippen LogP contribution in [-0.4, -0.2) is 36.4 Å². The van der Waals surface area contributed by atoms with Crippen molar-refractivity contribution in [3.05, 3.63) is 65.7 Å². The molecule has 0 bridgehead atoms. The molecule has 0 fully saturated rings. The molecule has 0 aliphatic carbocycles. The number of carboxylic acids is 1. The summed E-state index contributed by atoms with van der Waals surface area (Å²) in [7, 11) is -3.99. The summed E-state index contributed by atoms with van der Waals surface area (Å²) in [5, 5.41) is 8.94. The smallest absolute Gasteiger partial charge is 0.322 e. The van der Waals surface area contributed by atoms with Crippen LogP contribution >= 0.6 is 11.8 Å². The quantitative estimate of drug-likeness (QED) is 0.766. The minimum absolute atomic E-state index is 0.0243. The molecule has 25 heavy (non-hydrogen) atoms. The lowest BCUT2D eigenvalue weighted by atomic mass is 10.2. The van der Waals surface area contributed by atoms with E-state index in [0.29, 0.717) is 5.56 Å². The standard InChI is InChI=1S/C17H17NO5S2/c1-12-7-9-14(10-8-12)25(22,23)18-15(16(19)20)11-24-17(21)13-5-3-2-4-6-13/h2-10,15,18H,11H2,1H3,(H,19,20). The fraction of sp³-hybridized carbons (Fsp3) is 0.176. The monoisotopic (exact) mass is 379 g/mol. The molecule has 0 amide bonds. The minimum atomic E-state index is -3.99. The number of thioether (sulfide) groups is 1. The molecule has 132 valence electrons. The van der Waals surface area contributed by atoms with Gasteiger partial charge in [-0.2, -0.15) is 4.72 Å². The normalized spacial score (nSPS) is 12.5. The molecule has 0 aliphatic rings. The van der Waals surface area contributed by atoms with E-state index in [1.54, 1.807) is 42.5 Å². The molecule has 8 heteroatoms. The number of hydrogen-bond donors (Lipinski definition) is 2. The number of aliphatic carboxylic acids is 1. The lowest BCUT2D eigenvalue weighted by molar-refractivity contribution is -0.138. The van der Waals surface area contributed by atoms with Gasteiger partial charge < -0.3 is 5.11 Å². The molecule has 0 spiro atoms. The van der Waals surface area contributed by atoms with Crippen LogP contribution < -0.4 is 4.72 Å². The Morgan fingerprint density at radius 1 is 1.08 bits per heavy atom. The van der Waals surface area contributed by atoms with Crippen LogP contribution in [-0.2, 0) is 14.8 Å². The Hall–Kier alpha value is -2.16. The molecule has 6 nitrogen and oxygen atoms in total. The summed E-state index contributed by atoms with van der Waals surface area (Å²) in [5.41, 5.74) is 1.32. The third-order valence-electron chi connectivity index (χ3n) is 3.32. The Labute approximate surface area is 150 Å². The van der Waals surface area contributed by atoms with Gasteiger partial charge in [0.25, 0.3) is 0 Å². The zero-order chi connectivity index (χ0) is 18.4. The van der Waals surface area contributed by atoms with Crippen LogP contribution in [0.1, 0.15) is 15.9 Å². The van der Waals surface area contributed by atoms with Gasteiger partial charge in [0.1, 0.15) is 6.04 Å². The van der Waals surface area contributed by atoms with Crippen LogP contribution in [0.15, 0.2) is 59.5 Å². The van der Waals surface area contributed by atoms with E-state index in [1.807, 2.05) is 6.92 Å². The van der Waals surface area contributed by atoms with Gasteiger partial charge in [0.2, 0.25) is 15.1 Å². The number of carbonyl (C=O) groups excluding carboxylic acids is 1. The van der Waals surface area contributed by atoms with Crippen LogP contribution in [0.4, 0.5) is 0 Å². The zero-order valence-corrected chi connectivity index (χ0v) is 15.0. The van der Waals surface area contributed by atoms with Crippen LogP contribution in [0, 0.1) is 6.92 Å². The number of aryl methyl sites for hydroxylation is 1. The Morgan fingerprint density at radius 3 is 2.24 bits per heavy atom. The maximum atomic E-state index is 12.3. The molecule has 2 N–H and O–H groups in total. The first kappa shape index (κ1) is 19.2. The molecule has 2 rings (SSSR count). The maximum absolute atomic E-state index is 12.3. The van der Waals surface area contributed by atoms with Crippen LogP contribution in [0.25, 0.3) is 0 Å². The summed E-state index contributed by atoms with van der Waals surface area (Å²) >= 11 is 0.758. The molecule has 1 unspecified atom stereocenters. The Balaban J connectivity index is 2.07. The third-order valence-corrected chi connectivity index (χ3v) is 5.80. The zero-order valence-electron chi connectivity index (χ0n) is 13.4. The molecular formula is C17H17NO5S2. The Morgan fingerprint density at radius 2 is 1.68 bits per heavy atom. The van der Waals surface area contributed by atoms with E-state index in [4.69, 9.17) is 0 Å². The summed E-state index contributed by atoms with van der Waals surface area (Å²) in [4.78, 5) is 23.4. The second-order valence-electron chi connectivity index (χ2n) is 5.29. The van der Waals surface area contributed by atoms with Crippen molar-refractivity contribution in [2.24, 2.45) is 0 Å². The fourth-order valence-electron chi connectivity index (χ4n) is 1.95. The van der Waals surface area contributed by atoms with E-state index in [-0.39, 0.29) is 15.8 Å². The molecule has 2 aromatic carbocycles. The van der Waals surface area contributed by atoms with Crippen LogP contribution in [0.5, 0.6) is 0 Å². The van der Waals surface area contributed by atoms with E-state index in [9.17, 15) is 23.1 Å². The lowest BCUT2D eigenvalue weighted by Gasteiger charge is -2.14. The van der Waals surface area contributed by atoms with Crippen molar-refractivity contribution in [1.82, 2.24) is 4.72 Å². The van der Waals surface area contributed by atoms with Gasteiger partial charge in [0, 0.05) is 11.3 Å². The predicted molar refractivity (Wildman–Crippen MR) is 96.2 cm³/mol. The maximum Gasteiger partial charge on any atom is 0.322 e. The van der Waals surface area contributed by atoms with Crippen molar-refractivity contribution in [3.63, 3.8) is 0 Å². The lowest BCUT2D eigenvalue weighted by Crippen LogP contribution is -2.42. The van der Waals surface area contributed by atoms with E-state index >= 15 is 0 Å². The second-order valence-corrected chi connectivity index (χ2v) is 8.00. The molecule has 0 aromatic heterocycles. The number of carboxylic acid groups (broad SMARTS) is 1. The van der Waals surface area contributed by atoms with Crippen LogP contribution in [0.3, 0.4) is 0 Å². The SMILES string of the molecule is Cc1ccc(S(=O)(=O)NC(CSC(=O)c2ccccc2)C(=O)O)cc1. The topological polar surface area (TPSA) is 101 Å². The molecule has 0 radical (unpaired) electrons. The van der Waals surface area contributed by atoms with Gasteiger partial charge in [0.15, 0.2) is 0 Å². The third kappa shape index (κ3) is 5.42. The highest BCUT2D eigenvalue weighted by atomic mass is 32.2. The molecule has 0 aliphatic heterocycles. The number of rotatable bonds is 7. The fourth-order valence-corrected chi connectivity index (χ4v) is 4.09. The average molecular weight is 379 g/mol. The van der Waals surface area contributed by atoms with Gasteiger partial charge in [0.05, 0.1) is 4.90 Å². The summed E-state index contributed by atoms with van der Waals surface area (Å²) in [6.45, 7) is 1.82. The molecule has 2 aromatic rings. The van der Waals surface area contributed by atoms with Gasteiger partial charge in [-0.25, -0.2) is 8.42 Å². The van der Waals surface area contributed by atoms with Crippen molar-refractivity contribution in [1.29, 1.82) is 0 Å². The minimum Gasteiger partial charge on any atom is -0.480 e. The largest absolute Gasteiger partial charge is 0.480 e. The van der Waals surface area contributed by atoms with Gasteiger partial charge in [-0.05, 0) is 19.1 Å². The van der Waals surface area contributed by atoms with Crippen LogP contribution in [0.2, 0.25) is 0 Å². The number of hydrogen-bond acceptors (Lipinski definition) is 5. The molecular weight excluding hydrogens is 362 g/mol. The highest BCUT2D eigenvalue weighted by molar-refractivity contribution is 8.14. The van der Waals surface area contributed by atoms with Gasteiger partial charge >= 0.3 is 5.97 Å². The van der Waals surface area contributed by atoms with Crippen molar-refractivity contribution in [2.75, 3.05) is 5.75 Å². The first-order valence-electron chi connectivity index (χ1n) is 7.33. The number of benzene rings is 2. The van der Waals surface area contributed by atoms with Gasteiger partial charge in [-0.1, -0.05) is 59.8 Å². The average Bonchev–Trinajstić information content (AvgIpc) is 2.59. The van der Waals surface area contributed by atoms with E-state index in [2.05, 4.69) is 4.72 Å². The van der Waals surface area contributed by atoms with E-state index < -0.39 is 22.0 Å². The second kappa shape index (κ2) is 8.28. The summed E-state index contributed by atoms with van der Waals surface area (Å²) in [5.74, 6) is -1.56. The summed E-state index contributed by atoms with van der Waals surface area (Å²) in [6, 6.07) is 13.0. The van der Waals surface area contributed by atoms with Crippen molar-refractivity contribution in [3.8, 4) is 0 Å². The Bertz CT molecular complexity index is 848. The van der Waals surface area contributed by atoms with Gasteiger partial charge in [-0.15, -0.1) is 0 Å². The van der Waals surface area contributed by atoms with Gasteiger partial charge in [-0.3, -0.25) is 9.59 Å². The number of sulfonamides is 1. The molecule has 1 atom stereocenters. The molecule has 0 saturated carbocycles. The Kier molecular flexibility index (Phi) is 6.35. The number of carbonyl (C=O) groups is 2. The van der Waals surface area contributed by atoms with E-state index in [1.165, 1.54) is 12.1 Å². The number of nitrogens with one attached hydrogen (secondary N) is 1. The van der Waals surface area contributed by atoms with Crippen molar-refractivity contribution < 1.29 is 23.1 Å². The highest BCUT2D eigenvalue weighted by Gasteiger charge is 2.26. The highest BCUT2D eigenvalue weighted by Crippen LogP contribution is 2.16. The molecule has 0 saturated heterocycles. The first-order chi connectivity index (χ1) is 11.8. The van der Waals surface area contributed by atoms with Crippen molar-refractivity contribution >= 4 is 32.9 Å². The predicted octanol–water partition coefficient (Wildman–Crippen LogP) is 2.30. The summed E-state index contributed by atoms with van der Waals surface area (Å²) < 4.78 is 26.7. The van der Waals surface area contributed by atoms with Crippen molar-refractivity contribution in [2.45, 2.75) is 17.9 Å². The molecule has 0 heterocycles.